The Hall–Kier alpha value is -2.34. The number of nitrogens with zero attached hydrogens (tertiary/aromatic N) is 2. The molecule has 0 aliphatic heterocycles. The van der Waals surface area contributed by atoms with Gasteiger partial charge in [0, 0.05) is 24.1 Å². The lowest BCUT2D eigenvalue weighted by molar-refractivity contribution is -0.115. The second kappa shape index (κ2) is 7.44. The highest BCUT2D eigenvalue weighted by Crippen LogP contribution is 2.14. The molecule has 1 aromatic heterocycles. The average Bonchev–Trinajstić information content (AvgIpc) is 2.99. The second-order valence-corrected chi connectivity index (χ2v) is 4.79. The molecule has 0 saturated carbocycles. The fraction of sp³-hybridized carbons (Fsp3) is 0.333. The fourth-order valence-electron chi connectivity index (χ4n) is 1.90. The molecule has 0 bridgehead atoms. The molecule has 1 aromatic carbocycles. The number of ether oxygens (including phenoxy) is 1. The molecule has 0 fully saturated rings. The van der Waals surface area contributed by atoms with Crippen molar-refractivity contribution in [3.63, 3.8) is 0 Å². The van der Waals surface area contributed by atoms with Crippen molar-refractivity contribution in [3.8, 4) is 5.75 Å². The van der Waals surface area contributed by atoms with Crippen LogP contribution in [0.25, 0.3) is 0 Å². The number of carbonyl (C=O) groups excluding carboxylic acids is 1. The molecule has 0 radical (unpaired) electrons. The van der Waals surface area contributed by atoms with E-state index in [-0.39, 0.29) is 18.5 Å². The van der Waals surface area contributed by atoms with Gasteiger partial charge in [-0.25, -0.2) is 0 Å². The molecule has 0 spiro atoms. The monoisotopic (exact) mass is 288 g/mol. The summed E-state index contributed by atoms with van der Waals surface area (Å²) in [6.45, 7) is 3.00. The zero-order chi connectivity index (χ0) is 15.1. The number of carbonyl (C=O) groups is 1. The maximum Gasteiger partial charge on any atom is 0.238 e. The summed E-state index contributed by atoms with van der Waals surface area (Å²) in [6, 6.07) is 9.27. The summed E-state index contributed by atoms with van der Waals surface area (Å²) in [7, 11) is 1.61. The first-order valence-electron chi connectivity index (χ1n) is 6.82. The standard InChI is InChI=1S/C15H20N4O2/c1-12(11-19-9-3-8-17-19)16-10-15(20)18-13-4-6-14(21-2)7-5-13/h3-9,12,16H,10-11H2,1-2H3,(H,18,20). The summed E-state index contributed by atoms with van der Waals surface area (Å²) in [5.74, 6) is 0.687. The first-order chi connectivity index (χ1) is 10.2. The van der Waals surface area contributed by atoms with Gasteiger partial charge in [0.15, 0.2) is 0 Å². The van der Waals surface area contributed by atoms with Crippen molar-refractivity contribution < 1.29 is 9.53 Å². The number of rotatable bonds is 7. The van der Waals surface area contributed by atoms with Crippen LogP contribution in [0, 0.1) is 0 Å². The molecule has 1 unspecified atom stereocenters. The normalized spacial score (nSPS) is 11.9. The Labute approximate surface area is 124 Å². The van der Waals surface area contributed by atoms with Gasteiger partial charge < -0.3 is 15.4 Å². The number of anilines is 1. The van der Waals surface area contributed by atoms with E-state index in [4.69, 9.17) is 4.74 Å². The summed E-state index contributed by atoms with van der Waals surface area (Å²) in [4.78, 5) is 11.8. The van der Waals surface area contributed by atoms with E-state index in [2.05, 4.69) is 15.7 Å². The largest absolute Gasteiger partial charge is 0.497 e. The van der Waals surface area contributed by atoms with Gasteiger partial charge in [0.2, 0.25) is 5.91 Å². The van der Waals surface area contributed by atoms with E-state index in [1.807, 2.05) is 48.1 Å². The molecule has 2 aromatic rings. The number of aromatic nitrogens is 2. The van der Waals surface area contributed by atoms with Crippen LogP contribution in [0.15, 0.2) is 42.7 Å². The Morgan fingerprint density at radius 3 is 2.76 bits per heavy atom. The van der Waals surface area contributed by atoms with Crippen LogP contribution in [0.5, 0.6) is 5.75 Å². The summed E-state index contributed by atoms with van der Waals surface area (Å²) in [5.41, 5.74) is 0.752. The summed E-state index contributed by atoms with van der Waals surface area (Å²) in [5, 5.41) is 10.1. The van der Waals surface area contributed by atoms with E-state index in [0.717, 1.165) is 18.0 Å². The molecule has 21 heavy (non-hydrogen) atoms. The quantitative estimate of drug-likeness (QED) is 0.810. The van der Waals surface area contributed by atoms with E-state index in [9.17, 15) is 4.79 Å². The predicted molar refractivity (Wildman–Crippen MR) is 81.3 cm³/mol. The summed E-state index contributed by atoms with van der Waals surface area (Å²) in [6.07, 6.45) is 3.64. The van der Waals surface area contributed by atoms with Crippen LogP contribution in [0.1, 0.15) is 6.92 Å². The van der Waals surface area contributed by atoms with Gasteiger partial charge in [-0.15, -0.1) is 0 Å². The van der Waals surface area contributed by atoms with Gasteiger partial charge in [0.1, 0.15) is 5.75 Å². The van der Waals surface area contributed by atoms with Gasteiger partial charge in [-0.05, 0) is 37.3 Å². The topological polar surface area (TPSA) is 68.2 Å². The van der Waals surface area contributed by atoms with Crippen molar-refractivity contribution in [2.24, 2.45) is 0 Å². The highest BCUT2D eigenvalue weighted by atomic mass is 16.5. The van der Waals surface area contributed by atoms with Crippen molar-refractivity contribution >= 4 is 11.6 Å². The summed E-state index contributed by atoms with van der Waals surface area (Å²) >= 11 is 0. The Bertz CT molecular complexity index is 552. The van der Waals surface area contributed by atoms with Crippen molar-refractivity contribution in [3.05, 3.63) is 42.7 Å². The van der Waals surface area contributed by atoms with Crippen molar-refractivity contribution in [2.45, 2.75) is 19.5 Å². The zero-order valence-electron chi connectivity index (χ0n) is 12.2. The third kappa shape index (κ3) is 4.92. The molecule has 1 atom stereocenters. The minimum atomic E-state index is -0.0764. The molecular weight excluding hydrogens is 268 g/mol. The lowest BCUT2D eigenvalue weighted by atomic mass is 10.3. The minimum Gasteiger partial charge on any atom is -0.497 e. The molecule has 2 rings (SSSR count). The van der Waals surface area contributed by atoms with Crippen LogP contribution < -0.4 is 15.4 Å². The van der Waals surface area contributed by atoms with E-state index < -0.39 is 0 Å². The molecule has 2 N–H and O–H groups in total. The van der Waals surface area contributed by atoms with Crippen molar-refractivity contribution in [1.29, 1.82) is 0 Å². The first kappa shape index (κ1) is 15.1. The van der Waals surface area contributed by atoms with Crippen LogP contribution in [0.4, 0.5) is 5.69 Å². The van der Waals surface area contributed by atoms with Gasteiger partial charge in [-0.1, -0.05) is 0 Å². The van der Waals surface area contributed by atoms with Crippen LogP contribution in [0.2, 0.25) is 0 Å². The van der Waals surface area contributed by atoms with Crippen LogP contribution in [0.3, 0.4) is 0 Å². The summed E-state index contributed by atoms with van der Waals surface area (Å²) < 4.78 is 6.90. The molecular formula is C15H20N4O2. The maximum absolute atomic E-state index is 11.8. The van der Waals surface area contributed by atoms with Gasteiger partial charge in [0.25, 0.3) is 0 Å². The van der Waals surface area contributed by atoms with Gasteiger partial charge in [-0.2, -0.15) is 5.10 Å². The van der Waals surface area contributed by atoms with Crippen molar-refractivity contribution in [1.82, 2.24) is 15.1 Å². The SMILES string of the molecule is COc1ccc(NC(=O)CNC(C)Cn2cccn2)cc1. The van der Waals surface area contributed by atoms with E-state index in [1.165, 1.54) is 0 Å². The highest BCUT2D eigenvalue weighted by molar-refractivity contribution is 5.92. The first-order valence-corrected chi connectivity index (χ1v) is 6.82. The Morgan fingerprint density at radius 2 is 2.14 bits per heavy atom. The number of hydrogen-bond acceptors (Lipinski definition) is 4. The smallest absolute Gasteiger partial charge is 0.238 e. The van der Waals surface area contributed by atoms with Crippen LogP contribution >= 0.6 is 0 Å². The molecule has 6 heteroatoms. The Morgan fingerprint density at radius 1 is 1.38 bits per heavy atom. The van der Waals surface area contributed by atoms with Crippen molar-refractivity contribution in [2.75, 3.05) is 19.0 Å². The number of amides is 1. The number of methoxy groups -OCH3 is 1. The Kier molecular flexibility index (Phi) is 5.34. The molecule has 6 nitrogen and oxygen atoms in total. The van der Waals surface area contributed by atoms with Gasteiger partial charge in [0.05, 0.1) is 20.2 Å². The lowest BCUT2D eigenvalue weighted by Crippen LogP contribution is -2.36. The van der Waals surface area contributed by atoms with E-state index in [0.29, 0.717) is 0 Å². The molecule has 1 amide bonds. The van der Waals surface area contributed by atoms with Crippen LogP contribution in [-0.2, 0) is 11.3 Å². The number of benzene rings is 1. The second-order valence-electron chi connectivity index (χ2n) is 4.79. The maximum atomic E-state index is 11.8. The van der Waals surface area contributed by atoms with Crippen LogP contribution in [-0.4, -0.2) is 35.4 Å². The lowest BCUT2D eigenvalue weighted by Gasteiger charge is -2.14. The molecule has 1 heterocycles. The van der Waals surface area contributed by atoms with E-state index >= 15 is 0 Å². The highest BCUT2D eigenvalue weighted by Gasteiger charge is 2.07. The third-order valence-electron chi connectivity index (χ3n) is 3.00. The average molecular weight is 288 g/mol. The molecule has 0 aliphatic rings. The third-order valence-corrected chi connectivity index (χ3v) is 3.00. The molecule has 0 aliphatic carbocycles. The molecule has 0 saturated heterocycles. The predicted octanol–water partition coefficient (Wildman–Crippen LogP) is 1.51. The number of hydrogen-bond donors (Lipinski definition) is 2. The fourth-order valence-corrected chi connectivity index (χ4v) is 1.90. The number of nitrogens with one attached hydrogen (secondary N) is 2. The minimum absolute atomic E-state index is 0.0764. The zero-order valence-corrected chi connectivity index (χ0v) is 12.2. The Balaban J connectivity index is 1.73. The van der Waals surface area contributed by atoms with Gasteiger partial charge >= 0.3 is 0 Å². The molecule has 112 valence electrons. The van der Waals surface area contributed by atoms with Gasteiger partial charge in [-0.3, -0.25) is 9.48 Å². The van der Waals surface area contributed by atoms with E-state index in [1.54, 1.807) is 13.3 Å².